The monoisotopic (exact) mass is 786 g/mol. The summed E-state index contributed by atoms with van der Waals surface area (Å²) in [5, 5.41) is 97.0. The minimum atomic E-state index is -1.64. The predicted molar refractivity (Wildman–Crippen MR) is 196 cm³/mol. The smallest absolute Gasteiger partial charge is 0.187 e. The van der Waals surface area contributed by atoms with Crippen molar-refractivity contribution in [3.8, 4) is 0 Å². The predicted octanol–water partition coefficient (Wildman–Crippen LogP) is 0.970. The average Bonchev–Trinajstić information content (AvgIpc) is 3.65. The van der Waals surface area contributed by atoms with Crippen LogP contribution in [0.15, 0.2) is 0 Å². The molecule has 3 aliphatic heterocycles. The molecule has 318 valence electrons. The fraction of sp³-hybridized carbons (Fsp3) is 1.00. The summed E-state index contributed by atoms with van der Waals surface area (Å²) in [6.45, 7) is 16.1. The van der Waals surface area contributed by atoms with Gasteiger partial charge in [0.1, 0.15) is 48.8 Å². The van der Waals surface area contributed by atoms with Gasteiger partial charge in [0.2, 0.25) is 0 Å². The van der Waals surface area contributed by atoms with Crippen LogP contribution in [0, 0.1) is 45.3 Å². The van der Waals surface area contributed by atoms with Crippen LogP contribution in [0.2, 0.25) is 0 Å². The molecule has 0 radical (unpaired) electrons. The van der Waals surface area contributed by atoms with Crippen molar-refractivity contribution < 1.29 is 69.6 Å². The molecule has 4 saturated carbocycles. The van der Waals surface area contributed by atoms with Crippen molar-refractivity contribution in [3.05, 3.63) is 0 Å². The molecule has 14 nitrogen and oxygen atoms in total. The summed E-state index contributed by atoms with van der Waals surface area (Å²) in [6.07, 6.45) is -9.05. The summed E-state index contributed by atoms with van der Waals surface area (Å²) >= 11 is 0. The number of ether oxygens (including phenoxy) is 5. The van der Waals surface area contributed by atoms with E-state index in [2.05, 4.69) is 41.5 Å². The Balaban J connectivity index is 1.11. The lowest BCUT2D eigenvalue weighted by Crippen LogP contribution is -2.67. The molecule has 4 aliphatic carbocycles. The van der Waals surface area contributed by atoms with Gasteiger partial charge in [-0.3, -0.25) is 0 Å². The quantitative estimate of drug-likeness (QED) is 0.164. The molecular weight excluding hydrogens is 716 g/mol. The van der Waals surface area contributed by atoms with Gasteiger partial charge in [0, 0.05) is 6.42 Å². The molecular formula is C41H70O14. The van der Waals surface area contributed by atoms with E-state index in [4.69, 9.17) is 23.7 Å². The average molecular weight is 787 g/mol. The Labute approximate surface area is 325 Å². The summed E-state index contributed by atoms with van der Waals surface area (Å²) in [5.74, 6) is 0.420. The van der Waals surface area contributed by atoms with E-state index in [1.807, 2.05) is 0 Å². The number of rotatable bonds is 7. The van der Waals surface area contributed by atoms with Crippen LogP contribution < -0.4 is 0 Å². The largest absolute Gasteiger partial charge is 0.394 e. The first-order chi connectivity index (χ1) is 25.4. The Hall–Kier alpha value is -0.560. The van der Waals surface area contributed by atoms with Crippen LogP contribution in [-0.2, 0) is 23.7 Å². The molecule has 0 aromatic heterocycles. The maximum Gasteiger partial charge on any atom is 0.187 e. The Morgan fingerprint density at radius 1 is 0.709 bits per heavy atom. The van der Waals surface area contributed by atoms with Gasteiger partial charge in [0.05, 0.1) is 42.7 Å². The van der Waals surface area contributed by atoms with Gasteiger partial charge < -0.3 is 69.6 Å². The van der Waals surface area contributed by atoms with Crippen LogP contribution in [0.3, 0.4) is 0 Å². The number of hydrogen-bond donors (Lipinski definition) is 9. The van der Waals surface area contributed by atoms with Gasteiger partial charge in [-0.2, -0.15) is 0 Å². The van der Waals surface area contributed by atoms with Crippen LogP contribution in [0.5, 0.6) is 0 Å². The van der Waals surface area contributed by atoms with Crippen LogP contribution >= 0.6 is 0 Å². The zero-order valence-electron chi connectivity index (χ0n) is 34.0. The molecule has 7 fully saturated rings. The van der Waals surface area contributed by atoms with Crippen molar-refractivity contribution in [1.29, 1.82) is 0 Å². The van der Waals surface area contributed by atoms with Gasteiger partial charge >= 0.3 is 0 Å². The molecule has 0 aromatic rings. The third-order valence-corrected chi connectivity index (χ3v) is 17.0. The molecule has 3 saturated heterocycles. The Kier molecular flexibility index (Phi) is 11.1. The molecule has 14 heteroatoms. The normalized spacial score (nSPS) is 56.8. The first-order valence-corrected chi connectivity index (χ1v) is 20.8. The van der Waals surface area contributed by atoms with Gasteiger partial charge in [-0.15, -0.1) is 0 Å². The van der Waals surface area contributed by atoms with E-state index in [0.29, 0.717) is 19.3 Å². The molecule has 21 unspecified atom stereocenters. The second-order valence-electron chi connectivity index (χ2n) is 20.8. The van der Waals surface area contributed by atoms with Crippen molar-refractivity contribution in [2.75, 3.05) is 13.2 Å². The molecule has 0 spiro atoms. The highest BCUT2D eigenvalue weighted by Gasteiger charge is 2.72. The second-order valence-corrected chi connectivity index (χ2v) is 20.8. The lowest BCUT2D eigenvalue weighted by Gasteiger charge is -2.70. The van der Waals surface area contributed by atoms with E-state index in [9.17, 15) is 46.0 Å². The van der Waals surface area contributed by atoms with Crippen LogP contribution in [-0.4, -0.2) is 150 Å². The topological polar surface area (TPSA) is 228 Å². The summed E-state index contributed by atoms with van der Waals surface area (Å²) in [4.78, 5) is 0. The van der Waals surface area contributed by atoms with Crippen molar-refractivity contribution in [2.45, 2.75) is 198 Å². The highest BCUT2D eigenvalue weighted by Crippen LogP contribution is 2.76. The summed E-state index contributed by atoms with van der Waals surface area (Å²) < 4.78 is 30.8. The Morgan fingerprint density at radius 3 is 2.02 bits per heavy atom. The van der Waals surface area contributed by atoms with E-state index in [1.165, 1.54) is 0 Å². The molecule has 3 heterocycles. The Bertz CT molecular complexity index is 1390. The van der Waals surface area contributed by atoms with Gasteiger partial charge in [-0.05, 0) is 111 Å². The number of aliphatic hydroxyl groups excluding tert-OH is 8. The number of fused-ring (bicyclic) bond motifs is 5. The molecule has 21 atom stereocenters. The van der Waals surface area contributed by atoms with Crippen molar-refractivity contribution >= 4 is 0 Å². The SMILES string of the molecule is CC(C)(O)C1OC(C)(C2CCC3(C)C2C(O)CC2C4(C)CCC(OC5OC(CO)C(O)C(O)C5OC5OCC(O)C(O)C5O)C(C)(C)C4CCC23C)CC1O. The summed E-state index contributed by atoms with van der Waals surface area (Å²) in [6, 6.07) is 0. The van der Waals surface area contributed by atoms with Gasteiger partial charge in [-0.1, -0.05) is 34.6 Å². The van der Waals surface area contributed by atoms with Crippen LogP contribution in [0.25, 0.3) is 0 Å². The molecule has 7 aliphatic rings. The van der Waals surface area contributed by atoms with Crippen LogP contribution in [0.1, 0.15) is 107 Å². The summed E-state index contributed by atoms with van der Waals surface area (Å²) in [7, 11) is 0. The lowest BCUT2D eigenvalue weighted by atomic mass is 9.35. The number of hydrogen-bond acceptors (Lipinski definition) is 14. The highest BCUT2D eigenvalue weighted by molar-refractivity contribution is 5.21. The molecule has 0 bridgehead atoms. The minimum absolute atomic E-state index is 0.0167. The third-order valence-electron chi connectivity index (χ3n) is 17.0. The molecule has 9 N–H and O–H groups in total. The van der Waals surface area contributed by atoms with E-state index >= 15 is 0 Å². The second kappa shape index (κ2) is 14.3. The van der Waals surface area contributed by atoms with Gasteiger partial charge in [0.25, 0.3) is 0 Å². The fourth-order valence-corrected chi connectivity index (χ4v) is 14.0. The van der Waals surface area contributed by atoms with E-state index in [1.54, 1.807) is 13.8 Å². The standard InChI is InChI=1S/C41H70O14/c1-36(2)24-10-14-39(6)25(15-20(43)27-19(9-13-40(27,39)7)41(8)16-21(44)33(55-41)37(3,4)50)38(24,5)12-11-26(36)53-35-32(30(48)29(47)23(17-42)52-35)54-34-31(49)28(46)22(45)18-51-34/h19-35,42-50H,9-18H2,1-8H3. The zero-order valence-corrected chi connectivity index (χ0v) is 34.0. The van der Waals surface area contributed by atoms with Crippen molar-refractivity contribution in [2.24, 2.45) is 45.3 Å². The van der Waals surface area contributed by atoms with Crippen molar-refractivity contribution in [3.63, 3.8) is 0 Å². The van der Waals surface area contributed by atoms with Crippen LogP contribution in [0.4, 0.5) is 0 Å². The van der Waals surface area contributed by atoms with E-state index in [0.717, 1.165) is 32.1 Å². The maximum atomic E-state index is 12.3. The minimum Gasteiger partial charge on any atom is -0.394 e. The fourth-order valence-electron chi connectivity index (χ4n) is 14.0. The maximum absolute atomic E-state index is 12.3. The molecule has 0 amide bonds. The highest BCUT2D eigenvalue weighted by atomic mass is 16.8. The number of aliphatic hydroxyl groups is 9. The van der Waals surface area contributed by atoms with Gasteiger partial charge in [0.15, 0.2) is 12.6 Å². The first kappa shape index (κ1) is 42.6. The Morgan fingerprint density at radius 2 is 1.38 bits per heavy atom. The summed E-state index contributed by atoms with van der Waals surface area (Å²) in [5.41, 5.74) is -2.69. The van der Waals surface area contributed by atoms with E-state index in [-0.39, 0.29) is 52.6 Å². The third kappa shape index (κ3) is 6.50. The molecule has 7 rings (SSSR count). The molecule has 0 aromatic carbocycles. The zero-order chi connectivity index (χ0) is 40.4. The molecule has 55 heavy (non-hydrogen) atoms. The van der Waals surface area contributed by atoms with Crippen molar-refractivity contribution in [1.82, 2.24) is 0 Å². The lowest BCUT2D eigenvalue weighted by molar-refractivity contribution is -0.370. The first-order valence-electron chi connectivity index (χ1n) is 20.8. The van der Waals surface area contributed by atoms with Gasteiger partial charge in [-0.25, -0.2) is 0 Å². The van der Waals surface area contributed by atoms with E-state index < -0.39 is 96.8 Å².